The van der Waals surface area contributed by atoms with Crippen molar-refractivity contribution in [2.75, 3.05) is 14.1 Å². The Labute approximate surface area is 147 Å². The number of aryl methyl sites for hydroxylation is 1. The fraction of sp³-hybridized carbons (Fsp3) is 0.211. The number of hydrogen-bond donors (Lipinski definition) is 1. The minimum atomic E-state index is -0.0903. The number of halogens is 1. The third-order valence-corrected chi connectivity index (χ3v) is 3.85. The number of hydrogen-bond acceptors (Lipinski definition) is 4. The summed E-state index contributed by atoms with van der Waals surface area (Å²) in [5.41, 5.74) is 2.47. The lowest BCUT2D eigenvalue weighted by molar-refractivity contribution is 0.103. The lowest BCUT2D eigenvalue weighted by atomic mass is 9.97. The summed E-state index contributed by atoms with van der Waals surface area (Å²) in [6.07, 6.45) is 0. The van der Waals surface area contributed by atoms with Crippen LogP contribution in [0, 0.1) is 6.92 Å². The van der Waals surface area contributed by atoms with Crippen molar-refractivity contribution < 1.29 is 14.3 Å². The Balaban J connectivity index is 0.00000208. The molecule has 0 fully saturated rings. The van der Waals surface area contributed by atoms with E-state index >= 15 is 0 Å². The van der Waals surface area contributed by atoms with Crippen LogP contribution in [0.3, 0.4) is 0 Å². The first-order valence-corrected chi connectivity index (χ1v) is 7.47. The van der Waals surface area contributed by atoms with E-state index in [0.29, 0.717) is 40.0 Å². The van der Waals surface area contributed by atoms with E-state index in [4.69, 9.17) is 4.42 Å². The molecule has 0 spiro atoms. The van der Waals surface area contributed by atoms with E-state index in [1.165, 1.54) is 0 Å². The Kier molecular flexibility index (Phi) is 5.32. The quantitative estimate of drug-likeness (QED) is 0.721. The molecule has 0 unspecified atom stereocenters. The van der Waals surface area contributed by atoms with Gasteiger partial charge in [0.05, 0.1) is 5.56 Å². The van der Waals surface area contributed by atoms with Gasteiger partial charge in [-0.3, -0.25) is 4.79 Å². The maximum atomic E-state index is 12.9. The van der Waals surface area contributed by atoms with Gasteiger partial charge >= 0.3 is 0 Å². The van der Waals surface area contributed by atoms with Gasteiger partial charge in [-0.05, 0) is 33.2 Å². The van der Waals surface area contributed by atoms with Crippen LogP contribution in [0.1, 0.15) is 27.2 Å². The van der Waals surface area contributed by atoms with Crippen LogP contribution in [0.2, 0.25) is 0 Å². The zero-order valence-electron chi connectivity index (χ0n) is 13.9. The number of nitrogens with zero attached hydrogens (tertiary/aromatic N) is 1. The second-order valence-electron chi connectivity index (χ2n) is 5.90. The number of fused-ring (bicyclic) bond motifs is 1. The first-order valence-electron chi connectivity index (χ1n) is 7.47. The normalized spacial score (nSPS) is 10.8. The highest BCUT2D eigenvalue weighted by Crippen LogP contribution is 2.35. The zero-order valence-corrected chi connectivity index (χ0v) is 14.7. The molecule has 0 radical (unpaired) electrons. The second kappa shape index (κ2) is 7.07. The summed E-state index contributed by atoms with van der Waals surface area (Å²) in [6, 6.07) is 12.4. The fourth-order valence-electron chi connectivity index (χ4n) is 2.85. The summed E-state index contributed by atoms with van der Waals surface area (Å²) < 4.78 is 5.77. The molecule has 24 heavy (non-hydrogen) atoms. The van der Waals surface area contributed by atoms with Crippen LogP contribution in [-0.4, -0.2) is 29.9 Å². The van der Waals surface area contributed by atoms with Crippen LogP contribution in [0.5, 0.6) is 5.75 Å². The maximum Gasteiger partial charge on any atom is 0.197 e. The molecule has 0 atom stereocenters. The summed E-state index contributed by atoms with van der Waals surface area (Å²) >= 11 is 0. The summed E-state index contributed by atoms with van der Waals surface area (Å²) in [4.78, 5) is 14.9. The lowest BCUT2D eigenvalue weighted by Crippen LogP contribution is -2.12. The number of furan rings is 1. The number of ketones is 1. The van der Waals surface area contributed by atoms with E-state index in [-0.39, 0.29) is 23.9 Å². The topological polar surface area (TPSA) is 53.7 Å². The number of phenols is 1. The van der Waals surface area contributed by atoms with Crippen molar-refractivity contribution in [2.24, 2.45) is 0 Å². The molecule has 126 valence electrons. The standard InChI is InChI=1S/C19H19NO3.ClH/c1-12-17(19(22)13-7-5-4-6-8-13)18-14(11-20(2)3)15(21)9-10-16(18)23-12;/h4-10,21H,11H2,1-3H3;1H. The first kappa shape index (κ1) is 18.0. The molecule has 2 aromatic carbocycles. The number of carbonyl (C=O) groups excluding carboxylic acids is 1. The van der Waals surface area contributed by atoms with Gasteiger partial charge in [0.25, 0.3) is 0 Å². The molecule has 1 heterocycles. The molecule has 0 saturated carbocycles. The molecular formula is C19H20ClNO3. The van der Waals surface area contributed by atoms with E-state index in [2.05, 4.69) is 0 Å². The van der Waals surface area contributed by atoms with Crippen molar-refractivity contribution in [3.8, 4) is 5.75 Å². The first-order chi connectivity index (χ1) is 11.0. The van der Waals surface area contributed by atoms with Crippen molar-refractivity contribution >= 4 is 29.2 Å². The number of rotatable bonds is 4. The SMILES string of the molecule is Cc1oc2ccc(O)c(CN(C)C)c2c1C(=O)c1ccccc1.Cl. The van der Waals surface area contributed by atoms with Gasteiger partial charge in [0.15, 0.2) is 5.78 Å². The third-order valence-electron chi connectivity index (χ3n) is 3.85. The van der Waals surface area contributed by atoms with Gasteiger partial charge in [-0.2, -0.15) is 0 Å². The average molecular weight is 346 g/mol. The van der Waals surface area contributed by atoms with Crippen molar-refractivity contribution in [2.45, 2.75) is 13.5 Å². The number of benzene rings is 2. The predicted octanol–water partition coefficient (Wildman–Crippen LogP) is 4.16. The molecule has 3 rings (SSSR count). The summed E-state index contributed by atoms with van der Waals surface area (Å²) in [5.74, 6) is 0.654. The molecule has 0 aliphatic carbocycles. The van der Waals surface area contributed by atoms with Crippen molar-refractivity contribution in [3.63, 3.8) is 0 Å². The molecule has 4 nitrogen and oxygen atoms in total. The van der Waals surface area contributed by atoms with Gasteiger partial charge in [0, 0.05) is 23.1 Å². The number of phenolic OH excluding ortho intramolecular Hbond substituents is 1. The Morgan fingerprint density at radius 1 is 1.12 bits per heavy atom. The Morgan fingerprint density at radius 2 is 1.79 bits per heavy atom. The van der Waals surface area contributed by atoms with Crippen LogP contribution in [-0.2, 0) is 6.54 Å². The lowest BCUT2D eigenvalue weighted by Gasteiger charge is -2.13. The summed E-state index contributed by atoms with van der Waals surface area (Å²) in [6.45, 7) is 2.31. The molecule has 3 aromatic rings. The van der Waals surface area contributed by atoms with E-state index in [1.54, 1.807) is 31.2 Å². The summed E-state index contributed by atoms with van der Waals surface area (Å²) in [7, 11) is 3.84. The molecule has 0 aliphatic heterocycles. The monoisotopic (exact) mass is 345 g/mol. The Morgan fingerprint density at radius 3 is 2.42 bits per heavy atom. The molecule has 1 N–H and O–H groups in total. The smallest absolute Gasteiger partial charge is 0.197 e. The highest BCUT2D eigenvalue weighted by molar-refractivity contribution is 6.17. The zero-order chi connectivity index (χ0) is 16.6. The van der Waals surface area contributed by atoms with Gasteiger partial charge in [0.1, 0.15) is 17.1 Å². The van der Waals surface area contributed by atoms with Crippen LogP contribution in [0.25, 0.3) is 11.0 Å². The van der Waals surface area contributed by atoms with Crippen molar-refractivity contribution in [1.29, 1.82) is 0 Å². The Bertz CT molecular complexity index is 869. The van der Waals surface area contributed by atoms with Gasteiger partial charge in [0.2, 0.25) is 0 Å². The molecular weight excluding hydrogens is 326 g/mol. The van der Waals surface area contributed by atoms with Gasteiger partial charge in [-0.1, -0.05) is 30.3 Å². The van der Waals surface area contributed by atoms with E-state index in [1.807, 2.05) is 37.2 Å². The number of carbonyl (C=O) groups is 1. The molecule has 0 aliphatic rings. The van der Waals surface area contributed by atoms with Crippen LogP contribution >= 0.6 is 12.4 Å². The Hall–Kier alpha value is -2.30. The highest BCUT2D eigenvalue weighted by Gasteiger charge is 2.23. The largest absolute Gasteiger partial charge is 0.508 e. The van der Waals surface area contributed by atoms with Crippen molar-refractivity contribution in [3.05, 3.63) is 64.9 Å². The van der Waals surface area contributed by atoms with Gasteiger partial charge in [-0.15, -0.1) is 12.4 Å². The van der Waals surface area contributed by atoms with E-state index < -0.39 is 0 Å². The van der Waals surface area contributed by atoms with Crippen LogP contribution < -0.4 is 0 Å². The minimum absolute atomic E-state index is 0. The molecule has 5 heteroatoms. The predicted molar refractivity (Wildman–Crippen MR) is 97.1 cm³/mol. The fourth-order valence-corrected chi connectivity index (χ4v) is 2.85. The molecule has 1 aromatic heterocycles. The third kappa shape index (κ3) is 3.16. The number of aromatic hydroxyl groups is 1. The van der Waals surface area contributed by atoms with Crippen LogP contribution in [0.15, 0.2) is 46.9 Å². The molecule has 0 saturated heterocycles. The van der Waals surface area contributed by atoms with Crippen molar-refractivity contribution in [1.82, 2.24) is 4.90 Å². The summed E-state index contributed by atoms with van der Waals surface area (Å²) in [5, 5.41) is 11.0. The van der Waals surface area contributed by atoms with E-state index in [0.717, 1.165) is 0 Å². The van der Waals surface area contributed by atoms with Crippen LogP contribution in [0.4, 0.5) is 0 Å². The van der Waals surface area contributed by atoms with Gasteiger partial charge in [-0.25, -0.2) is 0 Å². The second-order valence-corrected chi connectivity index (χ2v) is 5.90. The van der Waals surface area contributed by atoms with E-state index in [9.17, 15) is 9.90 Å². The average Bonchev–Trinajstić information content (AvgIpc) is 2.86. The molecule has 0 bridgehead atoms. The maximum absolute atomic E-state index is 12.9. The molecule has 0 amide bonds. The van der Waals surface area contributed by atoms with Gasteiger partial charge < -0.3 is 14.4 Å². The minimum Gasteiger partial charge on any atom is -0.508 e. The highest BCUT2D eigenvalue weighted by atomic mass is 35.5.